The average molecular weight is 484 g/mol. The fraction of sp³-hybridized carbons (Fsp3) is 0.290. The van der Waals surface area contributed by atoms with E-state index in [9.17, 15) is 9.59 Å². The van der Waals surface area contributed by atoms with Crippen LogP contribution in [0.5, 0.6) is 0 Å². The Labute approximate surface area is 213 Å². The molecule has 1 unspecified atom stereocenters. The van der Waals surface area contributed by atoms with E-state index in [1.165, 1.54) is 0 Å². The van der Waals surface area contributed by atoms with Crippen molar-refractivity contribution in [1.29, 1.82) is 0 Å². The first-order valence-corrected chi connectivity index (χ1v) is 12.4. The zero-order valence-corrected chi connectivity index (χ0v) is 20.7. The Hall–Kier alpha value is -4.04. The quantitative estimate of drug-likeness (QED) is 0.190. The van der Waals surface area contributed by atoms with E-state index in [4.69, 9.17) is 9.47 Å². The van der Waals surface area contributed by atoms with Crippen LogP contribution in [0.3, 0.4) is 0 Å². The van der Waals surface area contributed by atoms with Gasteiger partial charge in [-0.1, -0.05) is 123 Å². The Bertz CT molecular complexity index is 1080. The lowest BCUT2D eigenvalue weighted by Gasteiger charge is -2.21. The minimum absolute atomic E-state index is 0.0928. The van der Waals surface area contributed by atoms with Gasteiger partial charge in [0.25, 0.3) is 0 Å². The van der Waals surface area contributed by atoms with E-state index in [2.05, 4.69) is 24.1 Å². The van der Waals surface area contributed by atoms with Crippen LogP contribution in [0.2, 0.25) is 0 Å². The highest BCUT2D eigenvalue weighted by Gasteiger charge is 2.26. The first kappa shape index (κ1) is 26.6. The lowest BCUT2D eigenvalue weighted by Crippen LogP contribution is -2.41. The number of hydrogen-bond donors (Lipinski definition) is 1. The molecule has 5 heteroatoms. The number of unbranched alkanes of at least 4 members (excludes halogenated alkanes) is 4. The SMILES string of the molecule is CCCCCCC#CC(NC(=O)OCc1ccccc1)C(=O)OC(c1ccccc1)c1ccccc1. The molecule has 0 aliphatic heterocycles. The van der Waals surface area contributed by atoms with E-state index < -0.39 is 24.2 Å². The highest BCUT2D eigenvalue weighted by Crippen LogP contribution is 2.26. The van der Waals surface area contributed by atoms with E-state index in [0.717, 1.165) is 42.4 Å². The Morgan fingerprint density at radius 3 is 1.97 bits per heavy atom. The predicted octanol–water partition coefficient (Wildman–Crippen LogP) is 6.59. The van der Waals surface area contributed by atoms with Gasteiger partial charge < -0.3 is 9.47 Å². The number of amides is 1. The van der Waals surface area contributed by atoms with Gasteiger partial charge in [-0.25, -0.2) is 9.59 Å². The Balaban J connectivity index is 1.72. The molecule has 5 nitrogen and oxygen atoms in total. The summed E-state index contributed by atoms with van der Waals surface area (Å²) in [5, 5.41) is 2.59. The van der Waals surface area contributed by atoms with E-state index in [-0.39, 0.29) is 6.61 Å². The number of esters is 1. The molecular formula is C31H33NO4. The summed E-state index contributed by atoms with van der Waals surface area (Å²) in [6.45, 7) is 2.24. The highest BCUT2D eigenvalue weighted by atomic mass is 16.6. The van der Waals surface area contributed by atoms with Crippen LogP contribution in [0.4, 0.5) is 4.79 Å². The minimum Gasteiger partial charge on any atom is -0.450 e. The first-order chi connectivity index (χ1) is 17.7. The van der Waals surface area contributed by atoms with Gasteiger partial charge in [0.1, 0.15) is 6.61 Å². The molecule has 1 atom stereocenters. The Kier molecular flexibility index (Phi) is 11.1. The van der Waals surface area contributed by atoms with Crippen molar-refractivity contribution in [1.82, 2.24) is 5.32 Å². The molecule has 3 rings (SSSR count). The summed E-state index contributed by atoms with van der Waals surface area (Å²) >= 11 is 0. The van der Waals surface area contributed by atoms with Gasteiger partial charge in [-0.2, -0.15) is 0 Å². The third-order valence-corrected chi connectivity index (χ3v) is 5.55. The van der Waals surface area contributed by atoms with Gasteiger partial charge in [0.15, 0.2) is 12.1 Å². The molecule has 0 radical (unpaired) electrons. The zero-order chi connectivity index (χ0) is 25.4. The Morgan fingerprint density at radius 1 is 0.806 bits per heavy atom. The molecule has 0 saturated carbocycles. The van der Waals surface area contributed by atoms with Crippen molar-refractivity contribution in [2.45, 2.75) is 57.8 Å². The minimum atomic E-state index is -1.14. The summed E-state index contributed by atoms with van der Waals surface area (Å²) in [6, 6.07) is 27.2. The summed E-state index contributed by atoms with van der Waals surface area (Å²) in [5.74, 6) is 5.30. The van der Waals surface area contributed by atoms with Crippen LogP contribution in [-0.2, 0) is 20.9 Å². The van der Waals surface area contributed by atoms with Crippen LogP contribution in [0.25, 0.3) is 0 Å². The lowest BCUT2D eigenvalue weighted by molar-refractivity contribution is -0.148. The van der Waals surface area contributed by atoms with Crippen LogP contribution in [-0.4, -0.2) is 18.1 Å². The summed E-state index contributed by atoms with van der Waals surface area (Å²) in [5.41, 5.74) is 2.51. The molecular weight excluding hydrogens is 450 g/mol. The second-order valence-corrected chi connectivity index (χ2v) is 8.41. The van der Waals surface area contributed by atoms with Gasteiger partial charge in [0, 0.05) is 6.42 Å². The van der Waals surface area contributed by atoms with Crippen molar-refractivity contribution in [2.24, 2.45) is 0 Å². The fourth-order valence-electron chi connectivity index (χ4n) is 3.62. The molecule has 0 aliphatic carbocycles. The molecule has 0 heterocycles. The fourth-order valence-corrected chi connectivity index (χ4v) is 3.62. The van der Waals surface area contributed by atoms with E-state index >= 15 is 0 Å². The second kappa shape index (κ2) is 15.1. The van der Waals surface area contributed by atoms with E-state index in [0.29, 0.717) is 6.42 Å². The van der Waals surface area contributed by atoms with Gasteiger partial charge in [-0.05, 0) is 23.1 Å². The molecule has 0 bridgehead atoms. The van der Waals surface area contributed by atoms with Crippen molar-refractivity contribution in [3.8, 4) is 11.8 Å². The maximum Gasteiger partial charge on any atom is 0.408 e. The van der Waals surface area contributed by atoms with Crippen LogP contribution < -0.4 is 5.32 Å². The number of nitrogens with one attached hydrogen (secondary N) is 1. The number of alkyl carbamates (subject to hydrolysis) is 1. The second-order valence-electron chi connectivity index (χ2n) is 8.41. The molecule has 1 amide bonds. The van der Waals surface area contributed by atoms with Crippen LogP contribution in [0.15, 0.2) is 91.0 Å². The maximum absolute atomic E-state index is 13.3. The van der Waals surface area contributed by atoms with Crippen molar-refractivity contribution in [3.63, 3.8) is 0 Å². The van der Waals surface area contributed by atoms with Gasteiger partial charge in [-0.15, -0.1) is 5.92 Å². The summed E-state index contributed by atoms with van der Waals surface area (Å²) in [7, 11) is 0. The molecule has 3 aromatic rings. The molecule has 0 saturated heterocycles. The molecule has 0 fully saturated rings. The maximum atomic E-state index is 13.3. The van der Waals surface area contributed by atoms with Gasteiger partial charge in [0.2, 0.25) is 0 Å². The van der Waals surface area contributed by atoms with Gasteiger partial charge >= 0.3 is 12.1 Å². The number of ether oxygens (including phenoxy) is 2. The van der Waals surface area contributed by atoms with E-state index in [1.807, 2.05) is 91.0 Å². The average Bonchev–Trinajstić information content (AvgIpc) is 2.93. The number of rotatable bonds is 11. The highest BCUT2D eigenvalue weighted by molar-refractivity contribution is 5.84. The number of carbonyl (C=O) groups excluding carboxylic acids is 2. The number of hydrogen-bond acceptors (Lipinski definition) is 4. The van der Waals surface area contributed by atoms with Crippen LogP contribution >= 0.6 is 0 Å². The lowest BCUT2D eigenvalue weighted by atomic mass is 10.0. The molecule has 3 aromatic carbocycles. The Morgan fingerprint density at radius 2 is 1.39 bits per heavy atom. The van der Waals surface area contributed by atoms with Gasteiger partial charge in [0.05, 0.1) is 0 Å². The summed E-state index contributed by atoms with van der Waals surface area (Å²) in [6.07, 6.45) is 3.60. The molecule has 36 heavy (non-hydrogen) atoms. The molecule has 0 aliphatic rings. The zero-order valence-electron chi connectivity index (χ0n) is 20.7. The predicted molar refractivity (Wildman–Crippen MR) is 141 cm³/mol. The summed E-state index contributed by atoms with van der Waals surface area (Å²) in [4.78, 5) is 25.8. The van der Waals surface area contributed by atoms with Crippen LogP contribution in [0.1, 0.15) is 61.8 Å². The number of carbonyl (C=O) groups is 2. The van der Waals surface area contributed by atoms with Crippen LogP contribution in [0, 0.1) is 11.8 Å². The van der Waals surface area contributed by atoms with Crippen molar-refractivity contribution in [2.75, 3.05) is 0 Å². The normalized spacial score (nSPS) is 11.2. The number of benzene rings is 3. The van der Waals surface area contributed by atoms with Crippen molar-refractivity contribution >= 4 is 12.1 Å². The first-order valence-electron chi connectivity index (χ1n) is 12.4. The largest absolute Gasteiger partial charge is 0.450 e. The standard InChI is InChI=1S/C31H33NO4/c1-2-3-4-5-6-16-23-28(32-31(34)35-24-25-17-10-7-11-18-25)30(33)36-29(26-19-12-8-13-20-26)27-21-14-9-15-22-27/h7-15,17-22,28-29H,2-6,24H2,1H3,(H,32,34). The molecule has 1 N–H and O–H groups in total. The van der Waals surface area contributed by atoms with E-state index in [1.54, 1.807) is 0 Å². The smallest absolute Gasteiger partial charge is 0.408 e. The van der Waals surface area contributed by atoms with Crippen molar-refractivity contribution in [3.05, 3.63) is 108 Å². The van der Waals surface area contributed by atoms with Crippen molar-refractivity contribution < 1.29 is 19.1 Å². The monoisotopic (exact) mass is 483 g/mol. The molecule has 0 spiro atoms. The third-order valence-electron chi connectivity index (χ3n) is 5.55. The van der Waals surface area contributed by atoms with Gasteiger partial charge in [-0.3, -0.25) is 5.32 Å². The third kappa shape index (κ3) is 8.96. The molecule has 186 valence electrons. The topological polar surface area (TPSA) is 64.6 Å². The molecule has 0 aromatic heterocycles. The summed E-state index contributed by atoms with van der Waals surface area (Å²) < 4.78 is 11.2.